The lowest BCUT2D eigenvalue weighted by molar-refractivity contribution is -0.138. The van der Waals surface area contributed by atoms with E-state index in [9.17, 15) is 9.90 Å². The third kappa shape index (κ3) is 5.01. The van der Waals surface area contributed by atoms with E-state index in [0.29, 0.717) is 18.8 Å². The zero-order valence-corrected chi connectivity index (χ0v) is 14.4. The molecule has 0 saturated heterocycles. The molecule has 4 heteroatoms. The predicted octanol–water partition coefficient (Wildman–Crippen LogP) is 4.28. The first kappa shape index (κ1) is 17.9. The lowest BCUT2D eigenvalue weighted by Gasteiger charge is -2.15. The molecule has 2 aromatic carbocycles. The number of carboxylic acid groups (broad SMARTS) is 1. The van der Waals surface area contributed by atoms with Gasteiger partial charge < -0.3 is 14.6 Å². The van der Waals surface area contributed by atoms with Crippen molar-refractivity contribution in [1.29, 1.82) is 0 Å². The fraction of sp³-hybridized carbons (Fsp3) is 0.350. The van der Waals surface area contributed by atoms with E-state index in [4.69, 9.17) is 9.47 Å². The molecule has 1 N–H and O–H groups in total. The Hall–Kier alpha value is -2.49. The highest BCUT2D eigenvalue weighted by molar-refractivity contribution is 5.76. The fourth-order valence-electron chi connectivity index (χ4n) is 2.55. The summed E-state index contributed by atoms with van der Waals surface area (Å²) in [5, 5.41) is 9.62. The Morgan fingerprint density at radius 3 is 2.38 bits per heavy atom. The van der Waals surface area contributed by atoms with Gasteiger partial charge in [-0.1, -0.05) is 24.3 Å². The number of ether oxygens (including phenoxy) is 2. The van der Waals surface area contributed by atoms with Gasteiger partial charge in [-0.25, -0.2) is 0 Å². The van der Waals surface area contributed by atoms with Crippen molar-refractivity contribution in [3.05, 3.63) is 59.7 Å². The second kappa shape index (κ2) is 8.39. The summed E-state index contributed by atoms with van der Waals surface area (Å²) in [7, 11) is 0. The quantitative estimate of drug-likeness (QED) is 0.785. The highest BCUT2D eigenvalue weighted by atomic mass is 16.5. The molecule has 0 aliphatic carbocycles. The number of hydrogen-bond donors (Lipinski definition) is 1. The highest BCUT2D eigenvalue weighted by Crippen LogP contribution is 2.26. The summed E-state index contributed by atoms with van der Waals surface area (Å²) in [5.74, 6) is 0.0364. The molecule has 128 valence electrons. The molecule has 0 heterocycles. The monoisotopic (exact) mass is 328 g/mol. The van der Waals surface area contributed by atoms with Gasteiger partial charge in [-0.2, -0.15) is 0 Å². The highest BCUT2D eigenvalue weighted by Gasteiger charge is 2.21. The van der Waals surface area contributed by atoms with Crippen LogP contribution in [0.2, 0.25) is 0 Å². The zero-order valence-electron chi connectivity index (χ0n) is 14.4. The first-order valence-electron chi connectivity index (χ1n) is 8.20. The van der Waals surface area contributed by atoms with Crippen LogP contribution in [0.4, 0.5) is 0 Å². The van der Waals surface area contributed by atoms with E-state index in [-0.39, 0.29) is 6.10 Å². The lowest BCUT2D eigenvalue weighted by Crippen LogP contribution is -2.14. The van der Waals surface area contributed by atoms with Gasteiger partial charge in [0, 0.05) is 0 Å². The average molecular weight is 328 g/mol. The van der Waals surface area contributed by atoms with E-state index in [1.165, 1.54) is 0 Å². The van der Waals surface area contributed by atoms with E-state index < -0.39 is 11.9 Å². The third-order valence-electron chi connectivity index (χ3n) is 3.60. The Kier molecular flexibility index (Phi) is 6.24. The first-order valence-corrected chi connectivity index (χ1v) is 8.20. The molecule has 1 atom stereocenters. The molecule has 1 unspecified atom stereocenters. The number of carboxylic acids is 1. The molecule has 4 nitrogen and oxygen atoms in total. The van der Waals surface area contributed by atoms with Gasteiger partial charge >= 0.3 is 5.97 Å². The molecule has 0 aromatic heterocycles. The van der Waals surface area contributed by atoms with Crippen LogP contribution in [0.5, 0.6) is 11.5 Å². The van der Waals surface area contributed by atoms with Gasteiger partial charge in [-0.3, -0.25) is 4.79 Å². The van der Waals surface area contributed by atoms with Crippen LogP contribution >= 0.6 is 0 Å². The minimum absolute atomic E-state index is 0.115. The molecule has 2 aromatic rings. The summed E-state index contributed by atoms with van der Waals surface area (Å²) in [6.45, 7) is 6.40. The maximum atomic E-state index is 11.7. The molecule has 0 saturated carbocycles. The molecule has 0 radical (unpaired) electrons. The number of hydrogen-bond acceptors (Lipinski definition) is 3. The molecule has 0 aliphatic heterocycles. The maximum absolute atomic E-state index is 11.7. The Labute approximate surface area is 143 Å². The Morgan fingerprint density at radius 1 is 1.08 bits per heavy atom. The molecule has 0 fully saturated rings. The van der Waals surface area contributed by atoms with Crippen molar-refractivity contribution in [2.24, 2.45) is 0 Å². The summed E-state index contributed by atoms with van der Waals surface area (Å²) in [6.07, 6.45) is 0.538. The number of benzene rings is 2. The molecule has 0 amide bonds. The molecule has 0 spiro atoms. The van der Waals surface area contributed by atoms with Crippen LogP contribution in [0.1, 0.15) is 37.8 Å². The largest absolute Gasteiger partial charge is 0.494 e. The summed E-state index contributed by atoms with van der Waals surface area (Å²) in [6, 6.07) is 14.9. The Morgan fingerprint density at radius 2 is 1.79 bits per heavy atom. The average Bonchev–Trinajstić information content (AvgIpc) is 2.54. The number of rotatable bonds is 8. The van der Waals surface area contributed by atoms with Crippen LogP contribution in [-0.2, 0) is 11.2 Å². The van der Waals surface area contributed by atoms with E-state index in [1.54, 1.807) is 6.07 Å². The second-order valence-corrected chi connectivity index (χ2v) is 5.91. The first-order chi connectivity index (χ1) is 11.5. The summed E-state index contributed by atoms with van der Waals surface area (Å²) in [5.41, 5.74) is 1.70. The van der Waals surface area contributed by atoms with Crippen molar-refractivity contribution >= 4 is 5.97 Å². The van der Waals surface area contributed by atoms with Crippen molar-refractivity contribution in [1.82, 2.24) is 0 Å². The number of carbonyl (C=O) groups is 1. The molecule has 0 aliphatic rings. The van der Waals surface area contributed by atoms with Crippen LogP contribution < -0.4 is 9.47 Å². The van der Waals surface area contributed by atoms with E-state index >= 15 is 0 Å². The van der Waals surface area contributed by atoms with Gasteiger partial charge in [0.2, 0.25) is 0 Å². The standard InChI is InChI=1S/C20H24O4/c1-4-23-18-7-5-6-16(13-18)19(20(21)22)12-15-8-10-17(11-9-15)24-14(2)3/h5-11,13-14,19H,4,12H2,1-3H3,(H,21,22). The van der Waals surface area contributed by atoms with E-state index in [0.717, 1.165) is 16.9 Å². The fourth-order valence-corrected chi connectivity index (χ4v) is 2.55. The summed E-state index contributed by atoms with van der Waals surface area (Å²) in [4.78, 5) is 11.7. The van der Waals surface area contributed by atoms with Crippen LogP contribution in [0, 0.1) is 0 Å². The molecule has 2 rings (SSSR count). The van der Waals surface area contributed by atoms with E-state index in [2.05, 4.69) is 0 Å². The Bertz CT molecular complexity index is 662. The minimum Gasteiger partial charge on any atom is -0.494 e. The molecule has 0 bridgehead atoms. The van der Waals surface area contributed by atoms with Crippen LogP contribution in [0.25, 0.3) is 0 Å². The normalized spacial score (nSPS) is 12.0. The van der Waals surface area contributed by atoms with Gasteiger partial charge in [0.25, 0.3) is 0 Å². The van der Waals surface area contributed by atoms with Crippen LogP contribution in [0.15, 0.2) is 48.5 Å². The SMILES string of the molecule is CCOc1cccc(C(Cc2ccc(OC(C)C)cc2)C(=O)O)c1. The molecular weight excluding hydrogens is 304 g/mol. The Balaban J connectivity index is 2.16. The maximum Gasteiger partial charge on any atom is 0.311 e. The van der Waals surface area contributed by atoms with Crippen molar-refractivity contribution in [2.45, 2.75) is 39.2 Å². The van der Waals surface area contributed by atoms with Gasteiger partial charge in [0.1, 0.15) is 11.5 Å². The lowest BCUT2D eigenvalue weighted by atomic mass is 9.92. The van der Waals surface area contributed by atoms with Gasteiger partial charge in [-0.05, 0) is 62.6 Å². The molecular formula is C20H24O4. The van der Waals surface area contributed by atoms with Crippen LogP contribution in [0.3, 0.4) is 0 Å². The predicted molar refractivity (Wildman–Crippen MR) is 93.9 cm³/mol. The van der Waals surface area contributed by atoms with Crippen molar-refractivity contribution in [3.63, 3.8) is 0 Å². The van der Waals surface area contributed by atoms with Gasteiger partial charge in [0.15, 0.2) is 0 Å². The molecule has 24 heavy (non-hydrogen) atoms. The smallest absolute Gasteiger partial charge is 0.311 e. The summed E-state index contributed by atoms with van der Waals surface area (Å²) < 4.78 is 11.1. The number of aliphatic carboxylic acids is 1. The third-order valence-corrected chi connectivity index (χ3v) is 3.60. The summed E-state index contributed by atoms with van der Waals surface area (Å²) >= 11 is 0. The van der Waals surface area contributed by atoms with Crippen molar-refractivity contribution < 1.29 is 19.4 Å². The minimum atomic E-state index is -0.842. The van der Waals surface area contributed by atoms with Crippen LogP contribution in [-0.4, -0.2) is 23.8 Å². The zero-order chi connectivity index (χ0) is 17.5. The van der Waals surface area contributed by atoms with Crippen molar-refractivity contribution in [2.75, 3.05) is 6.61 Å². The van der Waals surface area contributed by atoms with Gasteiger partial charge in [0.05, 0.1) is 18.6 Å². The van der Waals surface area contributed by atoms with Crippen molar-refractivity contribution in [3.8, 4) is 11.5 Å². The van der Waals surface area contributed by atoms with Gasteiger partial charge in [-0.15, -0.1) is 0 Å². The second-order valence-electron chi connectivity index (χ2n) is 5.91. The van der Waals surface area contributed by atoms with E-state index in [1.807, 2.05) is 63.2 Å². The topological polar surface area (TPSA) is 55.8 Å².